The lowest BCUT2D eigenvalue weighted by Gasteiger charge is -1.83. The van der Waals surface area contributed by atoms with Crippen molar-refractivity contribution in [1.82, 2.24) is 0 Å². The van der Waals surface area contributed by atoms with E-state index in [0.717, 1.165) is 0 Å². The van der Waals surface area contributed by atoms with Gasteiger partial charge in [0.1, 0.15) is 9.12 Å². The zero-order valence-electron chi connectivity index (χ0n) is 7.85. The van der Waals surface area contributed by atoms with Crippen molar-refractivity contribution < 1.29 is 4.57 Å². The summed E-state index contributed by atoms with van der Waals surface area (Å²) in [5, 5.41) is 0. The summed E-state index contributed by atoms with van der Waals surface area (Å²) in [6.07, 6.45) is 7.01. The van der Waals surface area contributed by atoms with E-state index >= 15 is 0 Å². The Kier molecular flexibility index (Phi) is 14.6. The lowest BCUT2D eigenvalue weighted by Crippen LogP contribution is -1.63. The van der Waals surface area contributed by atoms with Crippen molar-refractivity contribution in [2.24, 2.45) is 0 Å². The molecule has 0 saturated heterocycles. The predicted molar refractivity (Wildman–Crippen MR) is 54.9 cm³/mol. The number of hydrogen-bond donors (Lipinski definition) is 0. The molecule has 0 bridgehead atoms. The molecule has 0 fully saturated rings. The second kappa shape index (κ2) is 12.8. The Hall–Kier alpha value is -0.860. The van der Waals surface area contributed by atoms with Crippen molar-refractivity contribution in [3.63, 3.8) is 0 Å². The van der Waals surface area contributed by atoms with Crippen LogP contribution in [0.1, 0.15) is 27.2 Å². The van der Waals surface area contributed by atoms with E-state index in [1.54, 1.807) is 9.12 Å². The maximum atomic E-state index is 8.06. The first-order valence-electron chi connectivity index (χ1n) is 3.86. The monoisotopic (exact) mass is 182 g/mol. The number of rotatable bonds is 0. The van der Waals surface area contributed by atoms with Crippen molar-refractivity contribution in [3.05, 3.63) is 35.3 Å². The lowest BCUT2D eigenvalue weighted by molar-refractivity contribution is 0.607. The molecule has 1 aliphatic carbocycles. The van der Waals surface area contributed by atoms with E-state index in [0.29, 0.717) is 0 Å². The van der Waals surface area contributed by atoms with E-state index in [1.165, 1.54) is 12.0 Å². The Morgan fingerprint density at radius 3 is 2.00 bits per heavy atom. The van der Waals surface area contributed by atoms with Gasteiger partial charge in [-0.05, 0) is 24.6 Å². The average molecular weight is 182 g/mol. The summed E-state index contributed by atoms with van der Waals surface area (Å²) in [5.41, 5.74) is 6.88. The van der Waals surface area contributed by atoms with Crippen LogP contribution in [0.2, 0.25) is 0 Å². The van der Waals surface area contributed by atoms with Crippen molar-refractivity contribution >= 4 is 9.12 Å². The second-order valence-corrected chi connectivity index (χ2v) is 2.22. The van der Waals surface area contributed by atoms with Crippen LogP contribution in [0.4, 0.5) is 0 Å². The molecule has 1 aliphatic rings. The molecule has 0 saturated carbocycles. The molecule has 0 amide bonds. The Morgan fingerprint density at radius 1 is 1.33 bits per heavy atom. The van der Waals surface area contributed by atoms with Crippen molar-refractivity contribution in [3.8, 4) is 0 Å². The van der Waals surface area contributed by atoms with Gasteiger partial charge in [-0.2, -0.15) is 0 Å². The van der Waals surface area contributed by atoms with Gasteiger partial charge in [-0.25, -0.2) is 0 Å². The summed E-state index contributed by atoms with van der Waals surface area (Å²) < 4.78 is 8.06. The third-order valence-corrected chi connectivity index (χ3v) is 0.813. The van der Waals surface area contributed by atoms with Gasteiger partial charge in [0.2, 0.25) is 0 Å². The highest BCUT2D eigenvalue weighted by Crippen LogP contribution is 1.95. The minimum Gasteiger partial charge on any atom is -0.279 e. The summed E-state index contributed by atoms with van der Waals surface area (Å²) >= 11 is 0. The zero-order valence-corrected chi connectivity index (χ0v) is 8.85. The van der Waals surface area contributed by atoms with E-state index in [4.69, 9.17) is 4.57 Å². The summed E-state index contributed by atoms with van der Waals surface area (Å²) in [5.74, 6) is 0. The van der Waals surface area contributed by atoms with Crippen LogP contribution in [0.25, 0.3) is 0 Å². The Morgan fingerprint density at radius 2 is 1.83 bits per heavy atom. The molecule has 0 aliphatic heterocycles. The van der Waals surface area contributed by atoms with Gasteiger partial charge in [0.05, 0.1) is 0 Å². The molecule has 1 nitrogen and oxygen atoms in total. The maximum absolute atomic E-state index is 8.06. The van der Waals surface area contributed by atoms with E-state index in [-0.39, 0.29) is 0 Å². The third kappa shape index (κ3) is 11.9. The van der Waals surface area contributed by atoms with Gasteiger partial charge in [0, 0.05) is 0 Å². The molecule has 0 unspecified atom stereocenters. The van der Waals surface area contributed by atoms with E-state index in [9.17, 15) is 0 Å². The molecule has 1 rings (SSSR count). The molecule has 12 heavy (non-hydrogen) atoms. The van der Waals surface area contributed by atoms with Crippen LogP contribution in [0, 0.1) is 0 Å². The Labute approximate surface area is 76.8 Å². The zero-order chi connectivity index (χ0) is 9.82. The molecule has 0 N–H and O–H groups in total. The van der Waals surface area contributed by atoms with Crippen LogP contribution in [0.5, 0.6) is 0 Å². The molecular formula is C10H15OP. The first-order chi connectivity index (χ1) is 5.81. The first-order valence-corrected chi connectivity index (χ1v) is 4.26. The van der Waals surface area contributed by atoms with Crippen LogP contribution in [-0.2, 0) is 4.57 Å². The fraction of sp³-hybridized carbons (Fsp3) is 0.400. The van der Waals surface area contributed by atoms with Crippen molar-refractivity contribution in [2.45, 2.75) is 27.2 Å². The lowest BCUT2D eigenvalue weighted by atomic mass is 10.2. The van der Waals surface area contributed by atoms with Gasteiger partial charge < -0.3 is 0 Å². The molecule has 66 valence electrons. The topological polar surface area (TPSA) is 17.1 Å². The standard InChI is InChI=1S/C7H6.C3H8.HOP/c1-7-5-3-2-4-6-7;1-3-2;1-2/h3,5-6H,1H3;3H2,1-2H3;2H. The molecule has 0 atom stereocenters. The highest BCUT2D eigenvalue weighted by atomic mass is 31.0. The normalized spacial score (nSPS) is 10.4. The first kappa shape index (κ1) is 13.7. The quantitative estimate of drug-likeness (QED) is 0.412. The van der Waals surface area contributed by atoms with Gasteiger partial charge in [0.25, 0.3) is 0 Å². The van der Waals surface area contributed by atoms with E-state index in [1.807, 2.05) is 25.2 Å². The van der Waals surface area contributed by atoms with Crippen molar-refractivity contribution in [1.29, 1.82) is 0 Å². The van der Waals surface area contributed by atoms with Crippen LogP contribution in [0.3, 0.4) is 0 Å². The van der Waals surface area contributed by atoms with E-state index in [2.05, 4.69) is 25.3 Å². The average Bonchev–Trinajstić information content (AvgIpc) is 2.11. The summed E-state index contributed by atoms with van der Waals surface area (Å²) in [7, 11) is 1.72. The molecule has 0 spiro atoms. The van der Waals surface area contributed by atoms with Gasteiger partial charge >= 0.3 is 0 Å². The Balaban J connectivity index is 0. The van der Waals surface area contributed by atoms with Crippen molar-refractivity contribution in [2.75, 3.05) is 0 Å². The van der Waals surface area contributed by atoms with Crippen LogP contribution >= 0.6 is 9.12 Å². The number of hydrogen-bond acceptors (Lipinski definition) is 1. The Bertz CT molecular complexity index is 216. The van der Waals surface area contributed by atoms with Gasteiger partial charge in [0.15, 0.2) is 0 Å². The van der Waals surface area contributed by atoms with Gasteiger partial charge in [-0.1, -0.05) is 37.8 Å². The molecule has 2 heteroatoms. The van der Waals surface area contributed by atoms with Gasteiger partial charge in [-0.3, -0.25) is 4.57 Å². The fourth-order valence-electron chi connectivity index (χ4n) is 0.425. The molecule has 0 heterocycles. The van der Waals surface area contributed by atoms with Crippen LogP contribution < -0.4 is 0 Å². The third-order valence-electron chi connectivity index (χ3n) is 0.813. The minimum absolute atomic E-state index is 1.23. The SMILES string of the molecule is CC1=CC=C=C=C1.CCC.O=P. The largest absolute Gasteiger partial charge is 0.279 e. The maximum Gasteiger partial charge on any atom is 0.138 e. The highest BCUT2D eigenvalue weighted by Gasteiger charge is 1.76. The minimum atomic E-state index is 1.23. The fourth-order valence-corrected chi connectivity index (χ4v) is 0.425. The summed E-state index contributed by atoms with van der Waals surface area (Å²) in [6, 6.07) is 0. The van der Waals surface area contributed by atoms with Crippen LogP contribution in [0.15, 0.2) is 35.3 Å². The highest BCUT2D eigenvalue weighted by molar-refractivity contribution is 7.00. The predicted octanol–water partition coefficient (Wildman–Crippen LogP) is 3.70. The number of allylic oxidation sites excluding steroid dienone is 4. The second-order valence-electron chi connectivity index (χ2n) is 2.22. The van der Waals surface area contributed by atoms with Crippen LogP contribution in [-0.4, -0.2) is 0 Å². The van der Waals surface area contributed by atoms with E-state index < -0.39 is 0 Å². The molecule has 0 aromatic rings. The molecule has 0 radical (unpaired) electrons. The molecular weight excluding hydrogens is 167 g/mol. The summed E-state index contributed by atoms with van der Waals surface area (Å²) in [6.45, 7) is 6.28. The smallest absolute Gasteiger partial charge is 0.138 e. The summed E-state index contributed by atoms with van der Waals surface area (Å²) in [4.78, 5) is 0. The van der Waals surface area contributed by atoms with Gasteiger partial charge in [-0.15, -0.1) is 0 Å². The molecule has 0 aromatic carbocycles. The molecule has 0 aromatic heterocycles.